The van der Waals surface area contributed by atoms with Crippen LogP contribution in [0.15, 0.2) is 42.5 Å². The standard InChI is InChI=1S/C19H22O5/c1-14-6-9-16(10-7-14)23-12-13-24-19-15(8-11-18(20)21)4-3-5-17(19)22-2/h3-7,9-10H,8,11-13H2,1-2H3,(H,20,21). The van der Waals surface area contributed by atoms with Crippen LogP contribution >= 0.6 is 0 Å². The van der Waals surface area contributed by atoms with Crippen molar-refractivity contribution in [3.05, 3.63) is 53.6 Å². The molecule has 0 aromatic heterocycles. The number of methoxy groups -OCH3 is 1. The molecule has 1 N–H and O–H groups in total. The highest BCUT2D eigenvalue weighted by Crippen LogP contribution is 2.31. The van der Waals surface area contributed by atoms with E-state index in [1.807, 2.05) is 43.3 Å². The van der Waals surface area contributed by atoms with Crippen LogP contribution < -0.4 is 14.2 Å². The van der Waals surface area contributed by atoms with Crippen LogP contribution in [0.5, 0.6) is 17.2 Å². The molecule has 0 aliphatic rings. The highest BCUT2D eigenvalue weighted by atomic mass is 16.5. The molecule has 0 saturated heterocycles. The molecule has 5 heteroatoms. The monoisotopic (exact) mass is 330 g/mol. The van der Waals surface area contributed by atoms with Crippen molar-refractivity contribution in [2.75, 3.05) is 20.3 Å². The fourth-order valence-corrected chi connectivity index (χ4v) is 2.26. The second-order valence-electron chi connectivity index (χ2n) is 5.35. The fraction of sp³-hybridized carbons (Fsp3) is 0.316. The first-order valence-corrected chi connectivity index (χ1v) is 7.80. The minimum atomic E-state index is -0.841. The van der Waals surface area contributed by atoms with Crippen LogP contribution in [0.25, 0.3) is 0 Å². The topological polar surface area (TPSA) is 65.0 Å². The number of hydrogen-bond donors (Lipinski definition) is 1. The number of ether oxygens (including phenoxy) is 3. The lowest BCUT2D eigenvalue weighted by Crippen LogP contribution is -2.11. The summed E-state index contributed by atoms with van der Waals surface area (Å²) in [6.07, 6.45) is 0.435. The van der Waals surface area contributed by atoms with Crippen LogP contribution in [0.2, 0.25) is 0 Å². The molecule has 128 valence electrons. The van der Waals surface area contributed by atoms with Crippen LogP contribution in [0.3, 0.4) is 0 Å². The summed E-state index contributed by atoms with van der Waals surface area (Å²) >= 11 is 0. The van der Waals surface area contributed by atoms with Gasteiger partial charge in [-0.15, -0.1) is 0 Å². The van der Waals surface area contributed by atoms with E-state index in [4.69, 9.17) is 19.3 Å². The molecule has 0 aliphatic carbocycles. The minimum absolute atomic E-state index is 0.0450. The predicted molar refractivity (Wildman–Crippen MR) is 91.1 cm³/mol. The first-order chi connectivity index (χ1) is 11.6. The molecule has 0 atom stereocenters. The Labute approximate surface area is 141 Å². The van der Waals surface area contributed by atoms with Gasteiger partial charge in [-0.2, -0.15) is 0 Å². The van der Waals surface area contributed by atoms with Gasteiger partial charge in [0, 0.05) is 6.42 Å². The average molecular weight is 330 g/mol. The molecule has 2 aromatic carbocycles. The van der Waals surface area contributed by atoms with Crippen LogP contribution in [0.1, 0.15) is 17.5 Å². The van der Waals surface area contributed by atoms with E-state index in [-0.39, 0.29) is 6.42 Å². The van der Waals surface area contributed by atoms with Gasteiger partial charge in [0.25, 0.3) is 0 Å². The zero-order valence-corrected chi connectivity index (χ0v) is 14.0. The third-order valence-corrected chi connectivity index (χ3v) is 3.51. The highest BCUT2D eigenvalue weighted by Gasteiger charge is 2.12. The second kappa shape index (κ2) is 8.82. The van der Waals surface area contributed by atoms with Crippen LogP contribution in [0.4, 0.5) is 0 Å². The van der Waals surface area contributed by atoms with Crippen LogP contribution in [-0.2, 0) is 11.2 Å². The van der Waals surface area contributed by atoms with Crippen molar-refractivity contribution in [3.8, 4) is 17.2 Å². The number of aliphatic carboxylic acids is 1. The lowest BCUT2D eigenvalue weighted by Gasteiger charge is -2.15. The molecule has 2 aromatic rings. The number of carboxylic acid groups (broad SMARTS) is 1. The first kappa shape index (κ1) is 17.7. The van der Waals surface area contributed by atoms with Gasteiger partial charge in [-0.1, -0.05) is 29.8 Å². The Bertz CT molecular complexity index is 664. The molecule has 2 rings (SSSR count). The number of carbonyl (C=O) groups is 1. The summed E-state index contributed by atoms with van der Waals surface area (Å²) in [6, 6.07) is 13.3. The van der Waals surface area contributed by atoms with Gasteiger partial charge in [-0.05, 0) is 37.1 Å². The summed E-state index contributed by atoms with van der Waals surface area (Å²) in [5, 5.41) is 8.86. The van der Waals surface area contributed by atoms with Gasteiger partial charge in [-0.25, -0.2) is 0 Å². The van der Waals surface area contributed by atoms with E-state index >= 15 is 0 Å². The predicted octanol–water partition coefficient (Wildman–Crippen LogP) is 3.48. The SMILES string of the molecule is COc1cccc(CCC(=O)O)c1OCCOc1ccc(C)cc1. The van der Waals surface area contributed by atoms with Crippen molar-refractivity contribution in [2.24, 2.45) is 0 Å². The van der Waals surface area contributed by atoms with Crippen molar-refractivity contribution in [2.45, 2.75) is 19.8 Å². The smallest absolute Gasteiger partial charge is 0.303 e. The molecule has 5 nitrogen and oxygen atoms in total. The molecule has 24 heavy (non-hydrogen) atoms. The molecule has 0 bridgehead atoms. The van der Waals surface area contributed by atoms with Gasteiger partial charge in [0.05, 0.1) is 7.11 Å². The fourth-order valence-electron chi connectivity index (χ4n) is 2.26. The van der Waals surface area contributed by atoms with Gasteiger partial charge in [0.1, 0.15) is 19.0 Å². The van der Waals surface area contributed by atoms with Crippen LogP contribution in [0, 0.1) is 6.92 Å². The Morgan fingerprint density at radius 1 is 1.04 bits per heavy atom. The first-order valence-electron chi connectivity index (χ1n) is 7.80. The van der Waals surface area contributed by atoms with E-state index in [1.54, 1.807) is 13.2 Å². The number of rotatable bonds is 9. The number of para-hydroxylation sites is 1. The van der Waals surface area contributed by atoms with Gasteiger partial charge in [0.2, 0.25) is 0 Å². The molecular formula is C19H22O5. The summed E-state index contributed by atoms with van der Waals surface area (Å²) in [5.41, 5.74) is 1.99. The lowest BCUT2D eigenvalue weighted by atomic mass is 10.1. The molecule has 0 fully saturated rings. The summed E-state index contributed by atoms with van der Waals surface area (Å²) in [4.78, 5) is 10.8. The molecule has 0 aliphatic heterocycles. The second-order valence-corrected chi connectivity index (χ2v) is 5.35. The normalized spacial score (nSPS) is 10.2. The number of benzene rings is 2. The van der Waals surface area contributed by atoms with Gasteiger partial charge < -0.3 is 19.3 Å². The molecule has 0 unspecified atom stereocenters. The Kier molecular flexibility index (Phi) is 6.49. The lowest BCUT2D eigenvalue weighted by molar-refractivity contribution is -0.136. The quantitative estimate of drug-likeness (QED) is 0.713. The largest absolute Gasteiger partial charge is 0.493 e. The van der Waals surface area contributed by atoms with Gasteiger partial charge >= 0.3 is 5.97 Å². The summed E-state index contributed by atoms with van der Waals surface area (Å²) in [7, 11) is 1.56. The molecule has 0 amide bonds. The minimum Gasteiger partial charge on any atom is -0.493 e. The maximum Gasteiger partial charge on any atom is 0.303 e. The zero-order chi connectivity index (χ0) is 17.4. The third-order valence-electron chi connectivity index (χ3n) is 3.51. The van der Waals surface area contributed by atoms with Crippen molar-refractivity contribution >= 4 is 5.97 Å². The van der Waals surface area contributed by atoms with E-state index < -0.39 is 5.97 Å². The third kappa shape index (κ3) is 5.19. The van der Waals surface area contributed by atoms with E-state index in [0.29, 0.717) is 31.1 Å². The maximum absolute atomic E-state index is 10.8. The van der Waals surface area contributed by atoms with Crippen molar-refractivity contribution in [3.63, 3.8) is 0 Å². The van der Waals surface area contributed by atoms with Crippen LogP contribution in [-0.4, -0.2) is 31.4 Å². The Hall–Kier alpha value is -2.69. The number of hydrogen-bond acceptors (Lipinski definition) is 4. The number of carboxylic acids is 1. The summed E-state index contributed by atoms with van der Waals surface area (Å²) < 4.78 is 16.7. The van der Waals surface area contributed by atoms with Crippen molar-refractivity contribution < 1.29 is 24.1 Å². The summed E-state index contributed by atoms with van der Waals surface area (Å²) in [6.45, 7) is 2.75. The average Bonchev–Trinajstić information content (AvgIpc) is 2.58. The van der Waals surface area contributed by atoms with Gasteiger partial charge in [0.15, 0.2) is 11.5 Å². The summed E-state index contributed by atoms with van der Waals surface area (Å²) in [5.74, 6) is 1.11. The zero-order valence-electron chi connectivity index (χ0n) is 14.0. The molecular weight excluding hydrogens is 308 g/mol. The Balaban J connectivity index is 1.94. The van der Waals surface area contributed by atoms with Crippen molar-refractivity contribution in [1.29, 1.82) is 0 Å². The Morgan fingerprint density at radius 3 is 2.42 bits per heavy atom. The highest BCUT2D eigenvalue weighted by molar-refractivity contribution is 5.67. The molecule has 0 heterocycles. The Morgan fingerprint density at radius 2 is 1.75 bits per heavy atom. The van der Waals surface area contributed by atoms with E-state index in [0.717, 1.165) is 11.3 Å². The van der Waals surface area contributed by atoms with Gasteiger partial charge in [-0.3, -0.25) is 4.79 Å². The van der Waals surface area contributed by atoms with Crippen molar-refractivity contribution in [1.82, 2.24) is 0 Å². The van der Waals surface area contributed by atoms with E-state index in [9.17, 15) is 4.79 Å². The molecule has 0 spiro atoms. The molecule has 0 radical (unpaired) electrons. The molecule has 0 saturated carbocycles. The van der Waals surface area contributed by atoms with E-state index in [1.165, 1.54) is 5.56 Å². The number of aryl methyl sites for hydroxylation is 2. The maximum atomic E-state index is 10.8. The van der Waals surface area contributed by atoms with E-state index in [2.05, 4.69) is 0 Å².